The molecule has 0 aliphatic heterocycles. The number of nitrogens with zero attached hydrogens (tertiary/aromatic N) is 2. The molecule has 27 heavy (non-hydrogen) atoms. The number of benzene rings is 2. The van der Waals surface area contributed by atoms with Crippen LogP contribution < -0.4 is 5.32 Å². The van der Waals surface area contributed by atoms with Crippen LogP contribution in [0.25, 0.3) is 11.5 Å². The molecule has 3 aromatic rings. The molecule has 1 N–H and O–H groups in total. The molecule has 0 aliphatic carbocycles. The zero-order valence-corrected chi connectivity index (χ0v) is 15.8. The van der Waals surface area contributed by atoms with E-state index >= 15 is 0 Å². The summed E-state index contributed by atoms with van der Waals surface area (Å²) in [5, 5.41) is 10.0. The molecular weight excluding hydrogens is 366 g/mol. The number of hydrogen-bond donors (Lipinski definition) is 1. The molecule has 0 bridgehead atoms. The number of rotatable bonds is 6. The Labute approximate surface area is 157 Å². The van der Waals surface area contributed by atoms with Gasteiger partial charge in [-0.25, -0.2) is 8.42 Å². The lowest BCUT2D eigenvalue weighted by molar-refractivity contribution is -0.114. The average molecular weight is 385 g/mol. The minimum Gasteiger partial charge on any atom is -0.403 e. The van der Waals surface area contributed by atoms with Gasteiger partial charge in [-0.1, -0.05) is 53.1 Å². The van der Waals surface area contributed by atoms with E-state index in [0.717, 1.165) is 16.7 Å². The van der Waals surface area contributed by atoms with Crippen molar-refractivity contribution in [2.45, 2.75) is 19.6 Å². The fourth-order valence-corrected chi connectivity index (χ4v) is 3.94. The number of aryl methyl sites for hydroxylation is 2. The van der Waals surface area contributed by atoms with Gasteiger partial charge in [0.15, 0.2) is 9.84 Å². The van der Waals surface area contributed by atoms with E-state index in [1.54, 1.807) is 30.3 Å². The lowest BCUT2D eigenvalue weighted by Crippen LogP contribution is -2.24. The number of amides is 1. The van der Waals surface area contributed by atoms with Crippen molar-refractivity contribution < 1.29 is 17.6 Å². The van der Waals surface area contributed by atoms with Crippen molar-refractivity contribution in [1.29, 1.82) is 0 Å². The number of aromatic nitrogens is 2. The number of carbonyl (C=O) groups excluding carboxylic acids is 1. The van der Waals surface area contributed by atoms with E-state index in [-0.39, 0.29) is 17.7 Å². The van der Waals surface area contributed by atoms with Crippen LogP contribution in [0, 0.1) is 13.8 Å². The van der Waals surface area contributed by atoms with Gasteiger partial charge in [-0.2, -0.15) is 0 Å². The number of sulfone groups is 1. The molecule has 0 radical (unpaired) electrons. The van der Waals surface area contributed by atoms with Crippen molar-refractivity contribution in [3.63, 3.8) is 0 Å². The van der Waals surface area contributed by atoms with Crippen LogP contribution in [-0.2, 0) is 20.4 Å². The minimum absolute atomic E-state index is 0.134. The van der Waals surface area contributed by atoms with Gasteiger partial charge >= 0.3 is 6.01 Å². The molecular formula is C19H19N3O4S. The van der Waals surface area contributed by atoms with E-state index in [1.807, 2.05) is 32.0 Å². The fraction of sp³-hybridized carbons (Fsp3) is 0.211. The van der Waals surface area contributed by atoms with E-state index in [1.165, 1.54) is 0 Å². The average Bonchev–Trinajstić information content (AvgIpc) is 3.02. The van der Waals surface area contributed by atoms with Crippen LogP contribution in [-0.4, -0.2) is 30.3 Å². The predicted molar refractivity (Wildman–Crippen MR) is 102 cm³/mol. The summed E-state index contributed by atoms with van der Waals surface area (Å²) in [6, 6.07) is 14.3. The molecule has 3 rings (SSSR count). The molecule has 7 nitrogen and oxygen atoms in total. The first-order valence-corrected chi connectivity index (χ1v) is 10.1. The second-order valence-corrected chi connectivity index (χ2v) is 8.36. The third-order valence-corrected chi connectivity index (χ3v) is 5.34. The highest BCUT2D eigenvalue weighted by Crippen LogP contribution is 2.24. The molecule has 1 amide bonds. The molecule has 1 heterocycles. The van der Waals surface area contributed by atoms with Gasteiger partial charge in [-0.05, 0) is 31.0 Å². The second-order valence-electron chi connectivity index (χ2n) is 6.30. The van der Waals surface area contributed by atoms with Crippen molar-refractivity contribution in [3.05, 3.63) is 65.2 Å². The summed E-state index contributed by atoms with van der Waals surface area (Å²) < 4.78 is 29.8. The normalized spacial score (nSPS) is 11.3. The molecule has 0 spiro atoms. The summed E-state index contributed by atoms with van der Waals surface area (Å²) >= 11 is 0. The molecule has 1 aromatic heterocycles. The first kappa shape index (κ1) is 18.8. The Morgan fingerprint density at radius 2 is 1.81 bits per heavy atom. The van der Waals surface area contributed by atoms with Crippen LogP contribution in [0.3, 0.4) is 0 Å². The molecule has 0 aliphatic rings. The highest BCUT2D eigenvalue weighted by Gasteiger charge is 2.20. The summed E-state index contributed by atoms with van der Waals surface area (Å²) in [6.45, 7) is 3.90. The maximum atomic E-state index is 12.2. The standard InChI is InChI=1S/C19H19N3O4S/c1-13-8-9-16(14(2)10-13)18-21-22-19(26-18)20-17(23)12-27(24,25)11-15-6-4-3-5-7-15/h3-10H,11-12H2,1-2H3,(H,20,22,23). The predicted octanol–water partition coefficient (Wildman–Crippen LogP) is 2.91. The summed E-state index contributed by atoms with van der Waals surface area (Å²) in [5.74, 6) is -1.33. The van der Waals surface area contributed by atoms with Crippen molar-refractivity contribution in [1.82, 2.24) is 10.2 Å². The van der Waals surface area contributed by atoms with Gasteiger partial charge < -0.3 is 4.42 Å². The van der Waals surface area contributed by atoms with Gasteiger partial charge in [0, 0.05) is 5.56 Å². The van der Waals surface area contributed by atoms with Gasteiger partial charge in [0.05, 0.1) is 5.75 Å². The smallest absolute Gasteiger partial charge is 0.322 e. The Morgan fingerprint density at radius 3 is 2.52 bits per heavy atom. The van der Waals surface area contributed by atoms with Crippen LogP contribution in [0.2, 0.25) is 0 Å². The summed E-state index contributed by atoms with van der Waals surface area (Å²) in [7, 11) is -3.61. The van der Waals surface area contributed by atoms with Crippen molar-refractivity contribution in [3.8, 4) is 11.5 Å². The lowest BCUT2D eigenvalue weighted by atomic mass is 10.1. The maximum Gasteiger partial charge on any atom is 0.322 e. The first-order chi connectivity index (χ1) is 12.8. The van der Waals surface area contributed by atoms with Crippen LogP contribution in [0.1, 0.15) is 16.7 Å². The highest BCUT2D eigenvalue weighted by atomic mass is 32.2. The second kappa shape index (κ2) is 7.71. The van der Waals surface area contributed by atoms with Gasteiger partial charge in [0.2, 0.25) is 11.8 Å². The van der Waals surface area contributed by atoms with E-state index in [9.17, 15) is 13.2 Å². The van der Waals surface area contributed by atoms with E-state index in [2.05, 4.69) is 15.5 Å². The van der Waals surface area contributed by atoms with Gasteiger partial charge in [-0.15, -0.1) is 5.10 Å². The van der Waals surface area contributed by atoms with Crippen LogP contribution in [0.4, 0.5) is 6.01 Å². The van der Waals surface area contributed by atoms with Crippen LogP contribution in [0.5, 0.6) is 0 Å². The topological polar surface area (TPSA) is 102 Å². The highest BCUT2D eigenvalue weighted by molar-refractivity contribution is 7.91. The zero-order chi connectivity index (χ0) is 19.4. The van der Waals surface area contributed by atoms with E-state index in [4.69, 9.17) is 4.42 Å². The summed E-state index contributed by atoms with van der Waals surface area (Å²) in [6.07, 6.45) is 0. The molecule has 140 valence electrons. The minimum atomic E-state index is -3.61. The van der Waals surface area contributed by atoms with E-state index < -0.39 is 21.5 Å². The monoisotopic (exact) mass is 385 g/mol. The molecule has 0 fully saturated rings. The summed E-state index contributed by atoms with van der Waals surface area (Å²) in [5.41, 5.74) is 3.44. The molecule has 0 atom stereocenters. The number of anilines is 1. The Balaban J connectivity index is 1.65. The molecule has 0 saturated heterocycles. The van der Waals surface area contributed by atoms with Crippen LogP contribution >= 0.6 is 0 Å². The SMILES string of the molecule is Cc1ccc(-c2nnc(NC(=O)CS(=O)(=O)Cc3ccccc3)o2)c(C)c1. The Hall–Kier alpha value is -3.00. The van der Waals surface area contributed by atoms with Gasteiger partial charge in [-0.3, -0.25) is 10.1 Å². The molecule has 0 unspecified atom stereocenters. The van der Waals surface area contributed by atoms with Crippen molar-refractivity contribution >= 4 is 21.8 Å². The quantitative estimate of drug-likeness (QED) is 0.700. The number of carbonyl (C=O) groups is 1. The van der Waals surface area contributed by atoms with Gasteiger partial charge in [0.1, 0.15) is 5.75 Å². The fourth-order valence-electron chi connectivity index (χ4n) is 2.67. The first-order valence-electron chi connectivity index (χ1n) is 8.28. The molecule has 2 aromatic carbocycles. The largest absolute Gasteiger partial charge is 0.403 e. The third kappa shape index (κ3) is 5.01. The van der Waals surface area contributed by atoms with Gasteiger partial charge in [0.25, 0.3) is 0 Å². The van der Waals surface area contributed by atoms with Crippen LogP contribution in [0.15, 0.2) is 52.9 Å². The third-order valence-electron chi connectivity index (χ3n) is 3.86. The Bertz CT molecular complexity index is 1060. The zero-order valence-electron chi connectivity index (χ0n) is 15.0. The Kier molecular flexibility index (Phi) is 5.36. The van der Waals surface area contributed by atoms with E-state index in [0.29, 0.717) is 5.56 Å². The maximum absolute atomic E-state index is 12.2. The lowest BCUT2D eigenvalue weighted by Gasteiger charge is -2.04. The number of hydrogen-bond acceptors (Lipinski definition) is 6. The molecule has 8 heteroatoms. The summed E-state index contributed by atoms with van der Waals surface area (Å²) in [4.78, 5) is 12.1. The Morgan fingerprint density at radius 1 is 1.07 bits per heavy atom. The number of nitrogens with one attached hydrogen (secondary N) is 1. The van der Waals surface area contributed by atoms with Crippen molar-refractivity contribution in [2.75, 3.05) is 11.1 Å². The van der Waals surface area contributed by atoms with Crippen molar-refractivity contribution in [2.24, 2.45) is 0 Å². The molecule has 0 saturated carbocycles.